The number of nitrogens with two attached hydrogens (primary N) is 1. The molecule has 1 rings (SSSR count). The quantitative estimate of drug-likeness (QED) is 0.786. The van der Waals surface area contributed by atoms with Crippen LogP contribution in [0.2, 0.25) is 0 Å². The molecule has 0 fully saturated rings. The molecule has 5 nitrogen and oxygen atoms in total. The fourth-order valence-electron chi connectivity index (χ4n) is 1.25. The molecule has 6 heteroatoms. The minimum Gasteiger partial charge on any atom is -0.480 e. The van der Waals surface area contributed by atoms with Crippen molar-refractivity contribution < 1.29 is 18.3 Å². The predicted molar refractivity (Wildman–Crippen MR) is 58.8 cm³/mol. The van der Waals surface area contributed by atoms with Gasteiger partial charge in [-0.25, -0.2) is 8.42 Å². The van der Waals surface area contributed by atoms with E-state index >= 15 is 0 Å². The first kappa shape index (κ1) is 12.7. The number of benzene rings is 1. The largest absolute Gasteiger partial charge is 0.480 e. The zero-order valence-corrected chi connectivity index (χ0v) is 9.57. The minimum absolute atomic E-state index is 0.0176. The van der Waals surface area contributed by atoms with Crippen molar-refractivity contribution in [1.82, 2.24) is 0 Å². The van der Waals surface area contributed by atoms with E-state index in [1.54, 1.807) is 12.1 Å². The Kier molecular flexibility index (Phi) is 3.66. The third kappa shape index (κ3) is 2.40. The molecule has 0 bridgehead atoms. The fourth-order valence-corrected chi connectivity index (χ4v) is 2.62. The van der Waals surface area contributed by atoms with Crippen molar-refractivity contribution in [3.8, 4) is 0 Å². The topological polar surface area (TPSA) is 97.5 Å². The first-order valence-corrected chi connectivity index (χ1v) is 6.17. The number of carboxylic acids is 1. The van der Waals surface area contributed by atoms with Crippen molar-refractivity contribution in [3.63, 3.8) is 0 Å². The average Bonchev–Trinajstić information content (AvgIpc) is 2.18. The molecule has 0 saturated carbocycles. The Morgan fingerprint density at radius 1 is 1.38 bits per heavy atom. The van der Waals surface area contributed by atoms with Crippen LogP contribution >= 0.6 is 0 Å². The Balaban J connectivity index is 3.20. The first-order chi connectivity index (χ1) is 7.39. The summed E-state index contributed by atoms with van der Waals surface area (Å²) in [5, 5.41) is 7.18. The third-order valence-corrected chi connectivity index (χ3v) is 4.29. The van der Waals surface area contributed by atoms with Gasteiger partial charge in [0.25, 0.3) is 0 Å². The summed E-state index contributed by atoms with van der Waals surface area (Å²) < 4.78 is 23.7. The second kappa shape index (κ2) is 4.63. The number of carboxylic acid groups (broad SMARTS) is 1. The van der Waals surface area contributed by atoms with Crippen LogP contribution in [0.25, 0.3) is 0 Å². The Labute approximate surface area is 93.8 Å². The maximum Gasteiger partial charge on any atom is 0.323 e. The van der Waals surface area contributed by atoms with Gasteiger partial charge in [0, 0.05) is 6.54 Å². The van der Waals surface area contributed by atoms with Crippen molar-refractivity contribution in [2.75, 3.05) is 6.54 Å². The van der Waals surface area contributed by atoms with Gasteiger partial charge in [-0.2, -0.15) is 0 Å². The lowest BCUT2D eigenvalue weighted by Crippen LogP contribution is -2.37. The molecule has 0 heterocycles. The van der Waals surface area contributed by atoms with Gasteiger partial charge in [0.2, 0.25) is 0 Å². The smallest absolute Gasteiger partial charge is 0.323 e. The summed E-state index contributed by atoms with van der Waals surface area (Å²) in [6, 6.07) is 6.00. The highest BCUT2D eigenvalue weighted by Gasteiger charge is 2.32. The number of hydrogen-bond acceptors (Lipinski definition) is 4. The molecule has 1 aromatic carbocycles. The molecule has 0 spiro atoms. The Morgan fingerprint density at radius 3 is 2.25 bits per heavy atom. The molecular formula is C10H13NO4S. The molecule has 0 aliphatic heterocycles. The van der Waals surface area contributed by atoms with E-state index in [0.717, 1.165) is 5.56 Å². The Morgan fingerprint density at radius 2 is 1.88 bits per heavy atom. The maximum absolute atomic E-state index is 11.9. The second-order valence-corrected chi connectivity index (χ2v) is 5.55. The van der Waals surface area contributed by atoms with E-state index in [-0.39, 0.29) is 4.90 Å². The van der Waals surface area contributed by atoms with Crippen LogP contribution in [0.3, 0.4) is 0 Å². The van der Waals surface area contributed by atoms with E-state index in [4.69, 9.17) is 10.8 Å². The van der Waals surface area contributed by atoms with Gasteiger partial charge < -0.3 is 10.8 Å². The molecule has 88 valence electrons. The zero-order valence-electron chi connectivity index (χ0n) is 8.75. The van der Waals surface area contributed by atoms with Crippen LogP contribution in [-0.4, -0.2) is 31.3 Å². The molecule has 16 heavy (non-hydrogen) atoms. The maximum atomic E-state index is 11.9. The molecule has 0 unspecified atom stereocenters. The van der Waals surface area contributed by atoms with E-state index in [2.05, 4.69) is 0 Å². The van der Waals surface area contributed by atoms with Crippen LogP contribution in [0, 0.1) is 6.92 Å². The lowest BCUT2D eigenvalue weighted by atomic mass is 10.2. The number of hydrogen-bond donors (Lipinski definition) is 2. The summed E-state index contributed by atoms with van der Waals surface area (Å²) >= 11 is 0. The fraction of sp³-hybridized carbons (Fsp3) is 0.300. The van der Waals surface area contributed by atoms with Gasteiger partial charge in [0.15, 0.2) is 15.1 Å². The number of sulfone groups is 1. The predicted octanol–water partition coefficient (Wildman–Crippen LogP) is 0.181. The van der Waals surface area contributed by atoms with Crippen LogP contribution in [0.15, 0.2) is 29.2 Å². The van der Waals surface area contributed by atoms with Crippen molar-refractivity contribution in [2.24, 2.45) is 5.73 Å². The Bertz CT molecular complexity index is 478. The van der Waals surface area contributed by atoms with Crippen LogP contribution in [0.1, 0.15) is 5.56 Å². The molecule has 0 aliphatic rings. The summed E-state index contributed by atoms with van der Waals surface area (Å²) in [5.41, 5.74) is 6.07. The van der Waals surface area contributed by atoms with Gasteiger partial charge >= 0.3 is 5.97 Å². The highest BCUT2D eigenvalue weighted by Crippen LogP contribution is 2.16. The SMILES string of the molecule is Cc1ccc(S(=O)(=O)[C@@H](CN)C(=O)O)cc1. The summed E-state index contributed by atoms with van der Waals surface area (Å²) in [6.45, 7) is 1.37. The lowest BCUT2D eigenvalue weighted by molar-refractivity contribution is -0.136. The van der Waals surface area contributed by atoms with Gasteiger partial charge in [0.1, 0.15) is 0 Å². The summed E-state index contributed by atoms with van der Waals surface area (Å²) in [4.78, 5) is 10.7. The van der Waals surface area contributed by atoms with Crippen molar-refractivity contribution >= 4 is 15.8 Å². The third-order valence-electron chi connectivity index (χ3n) is 2.21. The molecule has 0 radical (unpaired) electrons. The average molecular weight is 243 g/mol. The molecule has 1 atom stereocenters. The van der Waals surface area contributed by atoms with E-state index in [9.17, 15) is 13.2 Å². The number of carbonyl (C=O) groups is 1. The normalized spacial score (nSPS) is 13.4. The summed E-state index contributed by atoms with van der Waals surface area (Å²) in [7, 11) is -3.89. The molecule has 3 N–H and O–H groups in total. The minimum atomic E-state index is -3.89. The highest BCUT2D eigenvalue weighted by atomic mass is 32.2. The van der Waals surface area contributed by atoms with E-state index in [0.29, 0.717) is 0 Å². The standard InChI is InChI=1S/C10H13NO4S/c1-7-2-4-8(5-3-7)16(14,15)9(6-11)10(12)13/h2-5,9H,6,11H2,1H3,(H,12,13)/t9-/m0/s1. The summed E-state index contributed by atoms with van der Waals surface area (Å²) in [6.07, 6.45) is 0. The first-order valence-electron chi connectivity index (χ1n) is 4.63. The van der Waals surface area contributed by atoms with Crippen LogP contribution in [0.4, 0.5) is 0 Å². The van der Waals surface area contributed by atoms with Gasteiger partial charge in [-0.1, -0.05) is 17.7 Å². The van der Waals surface area contributed by atoms with E-state index < -0.39 is 27.6 Å². The monoisotopic (exact) mass is 243 g/mol. The Hall–Kier alpha value is -1.40. The van der Waals surface area contributed by atoms with Gasteiger partial charge in [-0.15, -0.1) is 0 Å². The van der Waals surface area contributed by atoms with E-state index in [1.165, 1.54) is 12.1 Å². The molecule has 1 aromatic rings. The van der Waals surface area contributed by atoms with Crippen LogP contribution in [0.5, 0.6) is 0 Å². The molecule has 0 saturated heterocycles. The van der Waals surface area contributed by atoms with Crippen molar-refractivity contribution in [2.45, 2.75) is 17.1 Å². The number of aryl methyl sites for hydroxylation is 1. The molecule has 0 aliphatic carbocycles. The van der Waals surface area contributed by atoms with Gasteiger partial charge in [0.05, 0.1) is 4.90 Å². The van der Waals surface area contributed by atoms with Crippen molar-refractivity contribution in [3.05, 3.63) is 29.8 Å². The second-order valence-electron chi connectivity index (χ2n) is 3.42. The molecule has 0 aromatic heterocycles. The van der Waals surface area contributed by atoms with E-state index in [1.807, 2.05) is 6.92 Å². The molecular weight excluding hydrogens is 230 g/mol. The van der Waals surface area contributed by atoms with Crippen LogP contribution < -0.4 is 5.73 Å². The highest BCUT2D eigenvalue weighted by molar-refractivity contribution is 7.92. The number of rotatable bonds is 4. The van der Waals surface area contributed by atoms with Crippen molar-refractivity contribution in [1.29, 1.82) is 0 Å². The number of aliphatic carboxylic acids is 1. The molecule has 0 amide bonds. The van der Waals surface area contributed by atoms with Crippen LogP contribution in [-0.2, 0) is 14.6 Å². The lowest BCUT2D eigenvalue weighted by Gasteiger charge is -2.11. The van der Waals surface area contributed by atoms with Gasteiger partial charge in [-0.05, 0) is 19.1 Å². The zero-order chi connectivity index (χ0) is 12.3. The van der Waals surface area contributed by atoms with Gasteiger partial charge in [-0.3, -0.25) is 4.79 Å². The summed E-state index contributed by atoms with van der Waals surface area (Å²) in [5.74, 6) is -1.43.